The van der Waals surface area contributed by atoms with Crippen LogP contribution in [0.3, 0.4) is 0 Å². The van der Waals surface area contributed by atoms with Gasteiger partial charge < -0.3 is 9.47 Å². The van der Waals surface area contributed by atoms with Crippen molar-refractivity contribution in [3.63, 3.8) is 0 Å². The molecule has 0 saturated carbocycles. The van der Waals surface area contributed by atoms with Crippen LogP contribution in [0.2, 0.25) is 0 Å². The first kappa shape index (κ1) is 12.6. The van der Waals surface area contributed by atoms with E-state index in [0.29, 0.717) is 13.2 Å². The van der Waals surface area contributed by atoms with E-state index in [1.54, 1.807) is 0 Å². The molecule has 0 aliphatic carbocycles. The molecule has 0 atom stereocenters. The molecule has 1 aromatic heterocycles. The first-order chi connectivity index (χ1) is 7.69. The number of rotatable bonds is 6. The summed E-state index contributed by atoms with van der Waals surface area (Å²) in [5.74, 6) is 0. The van der Waals surface area contributed by atoms with E-state index in [9.17, 15) is 9.59 Å². The Morgan fingerprint density at radius 2 is 2.00 bits per heavy atom. The van der Waals surface area contributed by atoms with Crippen LogP contribution in [0.4, 0.5) is 0 Å². The molecule has 1 N–H and O–H groups in total. The van der Waals surface area contributed by atoms with Crippen molar-refractivity contribution in [3.8, 4) is 0 Å². The Labute approximate surface area is 92.0 Å². The van der Waals surface area contributed by atoms with Gasteiger partial charge in [0.05, 0.1) is 6.54 Å². The molecule has 0 amide bonds. The molecule has 0 fully saturated rings. The third-order valence-electron chi connectivity index (χ3n) is 1.80. The van der Waals surface area contributed by atoms with E-state index in [1.807, 2.05) is 18.9 Å². The summed E-state index contributed by atoms with van der Waals surface area (Å²) in [6.07, 6.45) is 1.79. The lowest BCUT2D eigenvalue weighted by molar-refractivity contribution is -0.144. The normalized spacial score (nSPS) is 10.9. The molecule has 0 bridgehead atoms. The second kappa shape index (κ2) is 6.19. The summed E-state index contributed by atoms with van der Waals surface area (Å²) < 4.78 is 11.5. The van der Waals surface area contributed by atoms with Gasteiger partial charge in [0.2, 0.25) is 6.33 Å². The number of nitrogens with one attached hydrogen (secondary N) is 1. The van der Waals surface area contributed by atoms with Crippen molar-refractivity contribution < 1.29 is 9.47 Å². The van der Waals surface area contributed by atoms with Gasteiger partial charge in [-0.2, -0.15) is 5.10 Å². The lowest BCUT2D eigenvalue weighted by Gasteiger charge is -2.16. The molecule has 0 unspecified atom stereocenters. The third kappa shape index (κ3) is 3.28. The monoisotopic (exact) mass is 228 g/mol. The second-order valence-corrected chi connectivity index (χ2v) is 2.91. The van der Waals surface area contributed by atoms with Crippen LogP contribution in [0, 0.1) is 6.33 Å². The molecular weight excluding hydrogens is 214 g/mol. The van der Waals surface area contributed by atoms with Crippen molar-refractivity contribution in [2.45, 2.75) is 26.7 Å². The van der Waals surface area contributed by atoms with Gasteiger partial charge in [-0.3, -0.25) is 14.2 Å². The molecular formula is C9H14N3O4. The molecule has 16 heavy (non-hydrogen) atoms. The van der Waals surface area contributed by atoms with Crippen molar-refractivity contribution in [3.05, 3.63) is 27.0 Å². The lowest BCUT2D eigenvalue weighted by Crippen LogP contribution is -2.40. The summed E-state index contributed by atoms with van der Waals surface area (Å²) in [6, 6.07) is 0. The van der Waals surface area contributed by atoms with E-state index >= 15 is 0 Å². The summed E-state index contributed by atoms with van der Waals surface area (Å²) in [7, 11) is 0. The van der Waals surface area contributed by atoms with Gasteiger partial charge in [-0.1, -0.05) is 0 Å². The molecule has 0 aliphatic rings. The van der Waals surface area contributed by atoms with E-state index in [2.05, 4.69) is 11.4 Å². The molecule has 1 rings (SSSR count). The minimum atomic E-state index is -0.787. The van der Waals surface area contributed by atoms with E-state index in [1.165, 1.54) is 0 Å². The maximum Gasteiger partial charge on any atom is 0.330 e. The van der Waals surface area contributed by atoms with Crippen LogP contribution in [0.25, 0.3) is 0 Å². The lowest BCUT2D eigenvalue weighted by atomic mass is 10.5. The van der Waals surface area contributed by atoms with Gasteiger partial charge in [0, 0.05) is 13.2 Å². The summed E-state index contributed by atoms with van der Waals surface area (Å²) in [5, 5.41) is 5.41. The number of H-pyrrole nitrogens is 1. The first-order valence-corrected chi connectivity index (χ1v) is 4.99. The van der Waals surface area contributed by atoms with Crippen LogP contribution >= 0.6 is 0 Å². The zero-order chi connectivity index (χ0) is 12.0. The van der Waals surface area contributed by atoms with Gasteiger partial charge in [-0.25, -0.2) is 5.10 Å². The van der Waals surface area contributed by atoms with Crippen molar-refractivity contribution in [1.29, 1.82) is 0 Å². The van der Waals surface area contributed by atoms with E-state index in [0.717, 1.165) is 4.57 Å². The smallest absolute Gasteiger partial charge is 0.330 e. The molecule has 1 heterocycles. The molecule has 7 nitrogen and oxygen atoms in total. The van der Waals surface area contributed by atoms with Gasteiger partial charge in [0.15, 0.2) is 6.29 Å². The average molecular weight is 228 g/mol. The second-order valence-electron chi connectivity index (χ2n) is 2.91. The predicted molar refractivity (Wildman–Crippen MR) is 55.0 cm³/mol. The van der Waals surface area contributed by atoms with Crippen LogP contribution in [0.15, 0.2) is 9.59 Å². The number of nitrogens with zero attached hydrogens (tertiary/aromatic N) is 2. The van der Waals surface area contributed by atoms with E-state index in [4.69, 9.17) is 9.47 Å². The quantitative estimate of drug-likeness (QED) is 0.505. The van der Waals surface area contributed by atoms with Crippen molar-refractivity contribution in [2.24, 2.45) is 0 Å². The first-order valence-electron chi connectivity index (χ1n) is 4.99. The highest BCUT2D eigenvalue weighted by Crippen LogP contribution is 1.96. The average Bonchev–Trinajstić information content (AvgIpc) is 2.25. The SMILES string of the molecule is CCOC(Cn1[c]n[nH]c(=O)c1=O)OCC. The highest BCUT2D eigenvalue weighted by molar-refractivity contribution is 4.73. The maximum absolute atomic E-state index is 11.3. The van der Waals surface area contributed by atoms with E-state index < -0.39 is 17.4 Å². The topological polar surface area (TPSA) is 86.2 Å². The van der Waals surface area contributed by atoms with Gasteiger partial charge in [0.1, 0.15) is 0 Å². The Morgan fingerprint density at radius 3 is 2.56 bits per heavy atom. The van der Waals surface area contributed by atoms with Gasteiger partial charge in [-0.15, -0.1) is 0 Å². The Morgan fingerprint density at radius 1 is 1.38 bits per heavy atom. The number of hydrogen-bond acceptors (Lipinski definition) is 5. The summed E-state index contributed by atoms with van der Waals surface area (Å²) in [6.45, 7) is 4.63. The summed E-state index contributed by atoms with van der Waals surface area (Å²) in [4.78, 5) is 22.3. The fourth-order valence-electron chi connectivity index (χ4n) is 1.15. The molecule has 1 radical (unpaired) electrons. The van der Waals surface area contributed by atoms with Crippen LogP contribution in [-0.4, -0.2) is 34.3 Å². The maximum atomic E-state index is 11.3. The fraction of sp³-hybridized carbons (Fsp3) is 0.667. The molecule has 89 valence electrons. The minimum Gasteiger partial charge on any atom is -0.351 e. The minimum absolute atomic E-state index is 0.0947. The van der Waals surface area contributed by atoms with Gasteiger partial charge in [0.25, 0.3) is 0 Å². The number of aromatic amines is 1. The van der Waals surface area contributed by atoms with Crippen molar-refractivity contribution >= 4 is 0 Å². The highest BCUT2D eigenvalue weighted by Gasteiger charge is 2.11. The van der Waals surface area contributed by atoms with Crippen molar-refractivity contribution in [2.75, 3.05) is 13.2 Å². The molecule has 1 aromatic rings. The predicted octanol–water partition coefficient (Wildman–Crippen LogP) is -0.869. The van der Waals surface area contributed by atoms with Crippen LogP contribution in [0.5, 0.6) is 0 Å². The summed E-state index contributed by atoms with van der Waals surface area (Å²) >= 11 is 0. The standard InChI is InChI=1S/C9H14N3O4/c1-3-15-7(16-4-2)5-12-6-10-11-8(13)9(12)14/h7H,3-5H2,1-2H3,(H,11,13). The third-order valence-corrected chi connectivity index (χ3v) is 1.80. The van der Waals surface area contributed by atoms with Crippen LogP contribution in [-0.2, 0) is 16.0 Å². The van der Waals surface area contributed by atoms with Crippen LogP contribution in [0.1, 0.15) is 13.8 Å². The molecule has 0 aliphatic heterocycles. The molecule has 0 spiro atoms. The number of hydrogen-bond donors (Lipinski definition) is 1. The Kier molecular flexibility index (Phi) is 4.87. The number of aromatic nitrogens is 3. The Balaban J connectivity index is 2.80. The fourth-order valence-corrected chi connectivity index (χ4v) is 1.15. The van der Waals surface area contributed by atoms with Gasteiger partial charge in [-0.05, 0) is 13.8 Å². The molecule has 0 saturated heterocycles. The highest BCUT2D eigenvalue weighted by atomic mass is 16.7. The zero-order valence-corrected chi connectivity index (χ0v) is 9.23. The molecule has 0 aromatic carbocycles. The van der Waals surface area contributed by atoms with Crippen LogP contribution < -0.4 is 11.1 Å². The van der Waals surface area contributed by atoms with Gasteiger partial charge >= 0.3 is 11.1 Å². The van der Waals surface area contributed by atoms with Crippen molar-refractivity contribution in [1.82, 2.24) is 14.8 Å². The Hall–Kier alpha value is -1.47. The summed E-state index contributed by atoms with van der Waals surface area (Å²) in [5.41, 5.74) is -1.51. The molecule has 7 heteroatoms. The van der Waals surface area contributed by atoms with E-state index in [-0.39, 0.29) is 6.54 Å². The number of ether oxygens (including phenoxy) is 2. The largest absolute Gasteiger partial charge is 0.351 e. The Bertz CT molecular complexity index is 419. The zero-order valence-electron chi connectivity index (χ0n) is 9.23.